The molecule has 20 heavy (non-hydrogen) atoms. The maximum atomic E-state index is 11.3. The molecular formula is C13H11BrN2O4. The lowest BCUT2D eigenvalue weighted by molar-refractivity contribution is -0.131. The van der Waals surface area contributed by atoms with Crippen LogP contribution in [0.5, 0.6) is 5.75 Å². The minimum absolute atomic E-state index is 0.0743. The quantitative estimate of drug-likeness (QED) is 0.605. The van der Waals surface area contributed by atoms with E-state index in [1.807, 2.05) is 0 Å². The number of rotatable bonds is 6. The third kappa shape index (κ3) is 5.54. The van der Waals surface area contributed by atoms with E-state index in [1.165, 1.54) is 6.08 Å². The molecule has 104 valence electrons. The number of carbonyl (C=O) groups is 2. The minimum Gasteiger partial charge on any atom is -0.484 e. The van der Waals surface area contributed by atoms with Crippen LogP contribution in [0, 0.1) is 11.3 Å². The highest BCUT2D eigenvalue weighted by Crippen LogP contribution is 2.23. The number of ether oxygens (including phenoxy) is 1. The smallest absolute Gasteiger partial charge is 0.328 e. The summed E-state index contributed by atoms with van der Waals surface area (Å²) in [4.78, 5) is 21.7. The Labute approximate surface area is 123 Å². The molecule has 0 saturated heterocycles. The van der Waals surface area contributed by atoms with Crippen LogP contribution in [0.25, 0.3) is 6.08 Å². The summed E-state index contributed by atoms with van der Waals surface area (Å²) in [5, 5.41) is 19.2. The van der Waals surface area contributed by atoms with Gasteiger partial charge in [0.2, 0.25) is 0 Å². The van der Waals surface area contributed by atoms with Crippen LogP contribution in [0.2, 0.25) is 0 Å². The molecule has 0 aromatic heterocycles. The highest BCUT2D eigenvalue weighted by atomic mass is 79.9. The van der Waals surface area contributed by atoms with E-state index in [0.29, 0.717) is 15.8 Å². The number of carbonyl (C=O) groups excluding carboxylic acids is 1. The van der Waals surface area contributed by atoms with Crippen molar-refractivity contribution in [3.8, 4) is 11.8 Å². The summed E-state index contributed by atoms with van der Waals surface area (Å²) < 4.78 is 5.95. The van der Waals surface area contributed by atoms with E-state index in [0.717, 1.165) is 6.08 Å². The fraction of sp³-hybridized carbons (Fsp3) is 0.154. The van der Waals surface area contributed by atoms with Gasteiger partial charge in [-0.25, -0.2) is 4.79 Å². The van der Waals surface area contributed by atoms with Gasteiger partial charge in [0, 0.05) is 10.5 Å². The zero-order chi connectivity index (χ0) is 15.0. The number of aliphatic carboxylic acids is 1. The van der Waals surface area contributed by atoms with Crippen molar-refractivity contribution < 1.29 is 19.4 Å². The molecule has 0 aliphatic rings. The molecular weight excluding hydrogens is 328 g/mol. The molecule has 7 heteroatoms. The average Bonchev–Trinajstić information content (AvgIpc) is 2.42. The van der Waals surface area contributed by atoms with Crippen LogP contribution in [-0.4, -0.2) is 30.1 Å². The second-order valence-corrected chi connectivity index (χ2v) is 4.43. The second kappa shape index (κ2) is 7.96. The number of nitriles is 1. The molecule has 0 spiro atoms. The molecule has 0 saturated carbocycles. The number of benzene rings is 1. The number of halogens is 1. The van der Waals surface area contributed by atoms with Gasteiger partial charge in [0.25, 0.3) is 5.91 Å². The maximum Gasteiger partial charge on any atom is 0.328 e. The Morgan fingerprint density at radius 1 is 1.50 bits per heavy atom. The van der Waals surface area contributed by atoms with Gasteiger partial charge in [0.15, 0.2) is 6.61 Å². The minimum atomic E-state index is -1.06. The lowest BCUT2D eigenvalue weighted by Crippen LogP contribution is -2.29. The van der Waals surface area contributed by atoms with Crippen molar-refractivity contribution in [2.75, 3.05) is 13.2 Å². The van der Waals surface area contributed by atoms with E-state index >= 15 is 0 Å². The van der Waals surface area contributed by atoms with Crippen LogP contribution in [0.4, 0.5) is 0 Å². The van der Waals surface area contributed by atoms with Gasteiger partial charge in [-0.2, -0.15) is 5.26 Å². The van der Waals surface area contributed by atoms with Crippen molar-refractivity contribution in [2.24, 2.45) is 0 Å². The average molecular weight is 339 g/mol. The molecule has 0 unspecified atom stereocenters. The Kier molecular flexibility index (Phi) is 6.26. The predicted octanol–water partition coefficient (Wildman–Crippen LogP) is 1.57. The van der Waals surface area contributed by atoms with E-state index < -0.39 is 11.9 Å². The second-order valence-electron chi connectivity index (χ2n) is 3.58. The molecule has 0 fully saturated rings. The Bertz CT molecular complexity index is 578. The molecule has 1 aromatic rings. The highest BCUT2D eigenvalue weighted by Gasteiger charge is 2.04. The molecule has 2 N–H and O–H groups in total. The van der Waals surface area contributed by atoms with Gasteiger partial charge >= 0.3 is 5.97 Å². The summed E-state index contributed by atoms with van der Waals surface area (Å²) in [5.41, 5.74) is 0.613. The summed E-state index contributed by atoms with van der Waals surface area (Å²) in [6.07, 6.45) is 2.42. The molecule has 0 aliphatic heterocycles. The van der Waals surface area contributed by atoms with E-state index in [2.05, 4.69) is 21.2 Å². The first-order chi connectivity index (χ1) is 9.52. The number of hydrogen-bond donors (Lipinski definition) is 2. The van der Waals surface area contributed by atoms with Crippen LogP contribution in [0.1, 0.15) is 5.56 Å². The van der Waals surface area contributed by atoms with Gasteiger partial charge in [0.1, 0.15) is 12.3 Å². The molecule has 6 nitrogen and oxygen atoms in total. The Morgan fingerprint density at radius 2 is 2.25 bits per heavy atom. The van der Waals surface area contributed by atoms with Gasteiger partial charge < -0.3 is 15.2 Å². The normalized spacial score (nSPS) is 10.0. The Hall–Kier alpha value is -2.33. The maximum absolute atomic E-state index is 11.3. The molecule has 1 amide bonds. The number of carboxylic acids is 1. The standard InChI is InChI=1S/C13H11BrN2O4/c14-11-3-2-10(7-9(11)1-4-13(18)19)20-8-12(17)16-6-5-15/h1-4,7H,6,8H2,(H,16,17)(H,18,19)/b4-1+. The zero-order valence-corrected chi connectivity index (χ0v) is 11.9. The third-order valence-electron chi connectivity index (χ3n) is 2.11. The number of nitrogens with one attached hydrogen (secondary N) is 1. The summed E-state index contributed by atoms with van der Waals surface area (Å²) in [6.45, 7) is -0.291. The van der Waals surface area contributed by atoms with E-state index in [-0.39, 0.29) is 13.2 Å². The zero-order valence-electron chi connectivity index (χ0n) is 10.3. The highest BCUT2D eigenvalue weighted by molar-refractivity contribution is 9.10. The Morgan fingerprint density at radius 3 is 2.90 bits per heavy atom. The molecule has 0 bridgehead atoms. The molecule has 0 heterocycles. The van der Waals surface area contributed by atoms with Crippen molar-refractivity contribution in [3.05, 3.63) is 34.3 Å². The number of nitrogens with zero attached hydrogens (tertiary/aromatic N) is 1. The van der Waals surface area contributed by atoms with Crippen molar-refractivity contribution >= 4 is 33.9 Å². The SMILES string of the molecule is N#CCNC(=O)COc1ccc(Br)c(/C=C/C(=O)O)c1. The number of carboxylic acid groups (broad SMARTS) is 1. The topological polar surface area (TPSA) is 99.4 Å². The molecule has 1 aromatic carbocycles. The lowest BCUT2D eigenvalue weighted by Gasteiger charge is -2.07. The summed E-state index contributed by atoms with van der Waals surface area (Å²) in [6, 6.07) is 6.70. The number of amides is 1. The Balaban J connectivity index is 2.68. The molecule has 1 rings (SSSR count). The molecule has 0 aliphatic carbocycles. The third-order valence-corrected chi connectivity index (χ3v) is 2.83. The lowest BCUT2D eigenvalue weighted by atomic mass is 10.2. The van der Waals surface area contributed by atoms with Crippen molar-refractivity contribution in [1.29, 1.82) is 5.26 Å². The fourth-order valence-corrected chi connectivity index (χ4v) is 1.62. The van der Waals surface area contributed by atoms with Crippen LogP contribution >= 0.6 is 15.9 Å². The van der Waals surface area contributed by atoms with E-state index in [1.54, 1.807) is 24.3 Å². The van der Waals surface area contributed by atoms with Gasteiger partial charge in [-0.3, -0.25) is 4.79 Å². The monoisotopic (exact) mass is 338 g/mol. The van der Waals surface area contributed by atoms with E-state index in [9.17, 15) is 9.59 Å². The number of hydrogen-bond acceptors (Lipinski definition) is 4. The van der Waals surface area contributed by atoms with Gasteiger partial charge in [-0.15, -0.1) is 0 Å². The summed E-state index contributed by atoms with van der Waals surface area (Å²) in [5.74, 6) is -1.04. The van der Waals surface area contributed by atoms with Crippen molar-refractivity contribution in [1.82, 2.24) is 5.32 Å². The van der Waals surface area contributed by atoms with Gasteiger partial charge in [-0.05, 0) is 29.8 Å². The van der Waals surface area contributed by atoms with Crippen LogP contribution in [0.3, 0.4) is 0 Å². The molecule has 0 atom stereocenters. The fourth-order valence-electron chi connectivity index (χ4n) is 1.24. The van der Waals surface area contributed by atoms with Crippen LogP contribution < -0.4 is 10.1 Å². The van der Waals surface area contributed by atoms with E-state index in [4.69, 9.17) is 15.1 Å². The van der Waals surface area contributed by atoms with Crippen molar-refractivity contribution in [3.63, 3.8) is 0 Å². The summed E-state index contributed by atoms with van der Waals surface area (Å²) >= 11 is 3.28. The van der Waals surface area contributed by atoms with Crippen LogP contribution in [-0.2, 0) is 9.59 Å². The van der Waals surface area contributed by atoms with Gasteiger partial charge in [-0.1, -0.05) is 15.9 Å². The first kappa shape index (κ1) is 15.7. The first-order valence-electron chi connectivity index (χ1n) is 5.50. The van der Waals surface area contributed by atoms with Gasteiger partial charge in [0.05, 0.1) is 6.07 Å². The van der Waals surface area contributed by atoms with Crippen LogP contribution in [0.15, 0.2) is 28.7 Å². The predicted molar refractivity (Wildman–Crippen MR) is 74.9 cm³/mol. The largest absolute Gasteiger partial charge is 0.484 e. The van der Waals surface area contributed by atoms with Crippen molar-refractivity contribution in [2.45, 2.75) is 0 Å². The first-order valence-corrected chi connectivity index (χ1v) is 6.29. The molecule has 0 radical (unpaired) electrons. The summed E-state index contributed by atoms with van der Waals surface area (Å²) in [7, 11) is 0.